The molecule has 4 amide bonds. The maximum atomic E-state index is 15.1. The van der Waals surface area contributed by atoms with Gasteiger partial charge in [-0.25, -0.2) is 0 Å². The summed E-state index contributed by atoms with van der Waals surface area (Å²) in [6, 6.07) is 21.6. The number of nitrogens with zero attached hydrogens (tertiary/aromatic N) is 2. The Hall–Kier alpha value is -4.92. The van der Waals surface area contributed by atoms with Crippen LogP contribution in [-0.4, -0.2) is 52.3 Å². The Balaban J connectivity index is 1.46. The lowest BCUT2D eigenvalue weighted by atomic mass is 9.49. The van der Waals surface area contributed by atoms with Gasteiger partial charge >= 0.3 is 0 Å². The summed E-state index contributed by atoms with van der Waals surface area (Å²) in [7, 11) is 1.53. The minimum atomic E-state index is -1.45. The van der Waals surface area contributed by atoms with E-state index in [1.54, 1.807) is 12.1 Å². The number of hydrogen-bond acceptors (Lipinski definition) is 7. The summed E-state index contributed by atoms with van der Waals surface area (Å²) >= 11 is 0. The predicted molar refractivity (Wildman–Crippen MR) is 170 cm³/mol. The van der Waals surface area contributed by atoms with Gasteiger partial charge < -0.3 is 9.84 Å². The molecule has 9 nitrogen and oxygen atoms in total. The van der Waals surface area contributed by atoms with Crippen molar-refractivity contribution in [1.29, 1.82) is 0 Å². The molecule has 1 saturated carbocycles. The highest BCUT2D eigenvalue weighted by atomic mass is 16.5. The smallest absolute Gasteiger partial charge is 0.260 e. The molecule has 0 radical (unpaired) electrons. The number of amides is 4. The molecule has 7 rings (SSSR count). The van der Waals surface area contributed by atoms with Gasteiger partial charge in [0.15, 0.2) is 0 Å². The number of hydrazine groups is 1. The van der Waals surface area contributed by atoms with E-state index in [1.807, 2.05) is 74.5 Å². The molecule has 0 aromatic heterocycles. The van der Waals surface area contributed by atoms with Crippen LogP contribution in [0.2, 0.25) is 0 Å². The third-order valence-electron chi connectivity index (χ3n) is 10.5. The Labute approximate surface area is 267 Å². The number of carbonyl (C=O) groups is 4. The lowest BCUT2D eigenvalue weighted by Crippen LogP contribution is -2.53. The average Bonchev–Trinajstić information content (AvgIpc) is 3.44. The van der Waals surface area contributed by atoms with E-state index >= 15 is 4.79 Å². The molecule has 0 bridgehead atoms. The van der Waals surface area contributed by atoms with Gasteiger partial charge in [0.05, 0.1) is 36.0 Å². The van der Waals surface area contributed by atoms with Crippen LogP contribution >= 0.6 is 0 Å². The zero-order valence-electron chi connectivity index (χ0n) is 26.1. The molecule has 6 unspecified atom stereocenters. The van der Waals surface area contributed by atoms with Crippen molar-refractivity contribution in [3.05, 3.63) is 101 Å². The highest BCUT2D eigenvalue weighted by molar-refractivity contribution is 6.13. The van der Waals surface area contributed by atoms with Gasteiger partial charge in [-0.2, -0.15) is 5.01 Å². The molecule has 6 atom stereocenters. The van der Waals surface area contributed by atoms with Crippen LogP contribution < -0.4 is 10.2 Å². The molecule has 2 aliphatic carbocycles. The number of likely N-dealkylation sites (tertiary alicyclic amines) is 1. The van der Waals surface area contributed by atoms with Crippen molar-refractivity contribution in [1.82, 2.24) is 9.91 Å². The summed E-state index contributed by atoms with van der Waals surface area (Å²) in [5, 5.41) is 12.6. The Morgan fingerprint density at radius 3 is 2.37 bits per heavy atom. The summed E-state index contributed by atoms with van der Waals surface area (Å²) in [5.74, 6) is -4.18. The molecule has 9 heteroatoms. The average molecular weight is 620 g/mol. The lowest BCUT2D eigenvalue weighted by Gasteiger charge is -2.50. The van der Waals surface area contributed by atoms with Gasteiger partial charge in [-0.1, -0.05) is 66.6 Å². The molecule has 3 aromatic rings. The number of anilines is 1. The van der Waals surface area contributed by atoms with Gasteiger partial charge in [0.2, 0.25) is 11.8 Å². The molecule has 0 spiro atoms. The van der Waals surface area contributed by atoms with Crippen molar-refractivity contribution in [2.75, 3.05) is 19.1 Å². The second-order valence-electron chi connectivity index (χ2n) is 12.8. The summed E-state index contributed by atoms with van der Waals surface area (Å²) in [6.07, 6.45) is 3.18. The SMILES string of the molecule is CCCN1C(=O)C2CC=C3C(CC4C(=O)N(Nc5ccc(C)cc5)C(=O)C4(c4ccccc4)C3c3cc(OC)ccc3O)C2C1=O. The number of nitrogens with one attached hydrogen (secondary N) is 1. The summed E-state index contributed by atoms with van der Waals surface area (Å²) in [5.41, 5.74) is 5.12. The van der Waals surface area contributed by atoms with Crippen LogP contribution in [0.3, 0.4) is 0 Å². The largest absolute Gasteiger partial charge is 0.508 e. The van der Waals surface area contributed by atoms with Crippen molar-refractivity contribution < 1.29 is 29.0 Å². The fraction of sp³-hybridized carbons (Fsp3) is 0.351. The third-order valence-corrected chi connectivity index (χ3v) is 10.5. The first-order valence-electron chi connectivity index (χ1n) is 15.9. The van der Waals surface area contributed by atoms with E-state index in [9.17, 15) is 19.5 Å². The molecular formula is C37H37N3O6. The number of rotatable bonds is 7. The molecular weight excluding hydrogens is 582 g/mol. The number of hydrogen-bond donors (Lipinski definition) is 2. The molecule has 4 aliphatic rings. The second-order valence-corrected chi connectivity index (χ2v) is 12.8. The second kappa shape index (κ2) is 11.2. The van der Waals surface area contributed by atoms with E-state index < -0.39 is 46.8 Å². The predicted octanol–water partition coefficient (Wildman–Crippen LogP) is 5.10. The number of phenols is 1. The van der Waals surface area contributed by atoms with Gasteiger partial charge in [-0.05, 0) is 68.0 Å². The van der Waals surface area contributed by atoms with Crippen molar-refractivity contribution in [3.63, 3.8) is 0 Å². The van der Waals surface area contributed by atoms with Crippen LogP contribution in [0, 0.1) is 30.6 Å². The molecule has 3 fully saturated rings. The first-order chi connectivity index (χ1) is 22.2. The van der Waals surface area contributed by atoms with Crippen molar-refractivity contribution in [2.45, 2.75) is 44.4 Å². The van der Waals surface area contributed by atoms with Gasteiger partial charge in [0.25, 0.3) is 11.8 Å². The van der Waals surface area contributed by atoms with E-state index in [4.69, 9.17) is 4.74 Å². The van der Waals surface area contributed by atoms with Gasteiger partial charge in [0.1, 0.15) is 11.5 Å². The molecule has 2 heterocycles. The number of ether oxygens (including phenoxy) is 1. The van der Waals surface area contributed by atoms with Gasteiger partial charge in [0, 0.05) is 18.0 Å². The monoisotopic (exact) mass is 619 g/mol. The third kappa shape index (κ3) is 4.21. The maximum Gasteiger partial charge on any atom is 0.260 e. The highest BCUT2D eigenvalue weighted by Gasteiger charge is 2.70. The Morgan fingerprint density at radius 2 is 1.67 bits per heavy atom. The molecule has 3 aromatic carbocycles. The lowest BCUT2D eigenvalue weighted by molar-refractivity contribution is -0.141. The first kappa shape index (κ1) is 29.8. The Kier molecular flexibility index (Phi) is 7.22. The van der Waals surface area contributed by atoms with Crippen LogP contribution in [0.4, 0.5) is 5.69 Å². The van der Waals surface area contributed by atoms with Crippen LogP contribution in [0.25, 0.3) is 0 Å². The number of aromatic hydroxyl groups is 1. The molecule has 2 aliphatic heterocycles. The molecule has 46 heavy (non-hydrogen) atoms. The molecule has 2 saturated heterocycles. The normalized spacial score (nSPS) is 28.5. The van der Waals surface area contributed by atoms with E-state index in [-0.39, 0.29) is 24.0 Å². The number of phenolic OH excluding ortho intramolecular Hbond substituents is 1. The summed E-state index contributed by atoms with van der Waals surface area (Å²) in [6.45, 7) is 4.23. The van der Waals surface area contributed by atoms with Crippen LogP contribution in [0.5, 0.6) is 11.5 Å². The fourth-order valence-corrected chi connectivity index (χ4v) is 8.49. The van der Waals surface area contributed by atoms with E-state index in [0.29, 0.717) is 42.0 Å². The number of carbonyl (C=O) groups excluding carboxylic acids is 4. The summed E-state index contributed by atoms with van der Waals surface area (Å²) < 4.78 is 5.58. The topological polar surface area (TPSA) is 116 Å². The number of allylic oxidation sites excluding steroid dienone is 2. The zero-order chi connectivity index (χ0) is 32.3. The van der Waals surface area contributed by atoms with Crippen molar-refractivity contribution in [3.8, 4) is 11.5 Å². The molecule has 2 N–H and O–H groups in total. The minimum Gasteiger partial charge on any atom is -0.508 e. The van der Waals surface area contributed by atoms with Crippen LogP contribution in [0.1, 0.15) is 48.8 Å². The van der Waals surface area contributed by atoms with Crippen molar-refractivity contribution in [2.24, 2.45) is 23.7 Å². The van der Waals surface area contributed by atoms with Crippen LogP contribution in [-0.2, 0) is 24.6 Å². The van der Waals surface area contributed by atoms with E-state index in [2.05, 4.69) is 5.43 Å². The Morgan fingerprint density at radius 1 is 0.935 bits per heavy atom. The number of benzene rings is 3. The zero-order valence-corrected chi connectivity index (χ0v) is 26.1. The minimum absolute atomic E-state index is 0.0462. The van der Waals surface area contributed by atoms with E-state index in [0.717, 1.165) is 16.1 Å². The Bertz CT molecular complexity index is 1770. The fourth-order valence-electron chi connectivity index (χ4n) is 8.49. The van der Waals surface area contributed by atoms with Gasteiger partial charge in [-0.3, -0.25) is 29.5 Å². The number of methoxy groups -OCH3 is 1. The van der Waals surface area contributed by atoms with Crippen LogP contribution in [0.15, 0.2) is 84.4 Å². The quantitative estimate of drug-likeness (QED) is 0.279. The number of imide groups is 2. The summed E-state index contributed by atoms with van der Waals surface area (Å²) in [4.78, 5) is 58.6. The molecule has 236 valence electrons. The maximum absolute atomic E-state index is 15.1. The van der Waals surface area contributed by atoms with Gasteiger partial charge in [-0.15, -0.1) is 0 Å². The number of fused-ring (bicyclic) bond motifs is 4. The number of aryl methyl sites for hydroxylation is 1. The first-order valence-corrected chi connectivity index (χ1v) is 15.9. The van der Waals surface area contributed by atoms with Crippen molar-refractivity contribution >= 4 is 29.3 Å². The standard InChI is InChI=1S/C37H37N3O6/c1-4-18-39-33(42)26-16-15-25-27(31(26)35(39)44)20-29-34(43)40(38-23-12-10-21(2)11-13-23)36(45)37(29,22-8-6-5-7-9-22)32(25)28-19-24(46-3)14-17-30(28)41/h5-15,17,19,26-27,29,31-32,38,41H,4,16,18,20H2,1-3H3. The van der Waals surface area contributed by atoms with E-state index in [1.165, 1.54) is 18.1 Å². The highest BCUT2D eigenvalue weighted by Crippen LogP contribution is 2.65.